The first-order chi connectivity index (χ1) is 8.99. The summed E-state index contributed by atoms with van der Waals surface area (Å²) in [6.45, 7) is 3.46. The topological polar surface area (TPSA) is 60.9 Å². The third kappa shape index (κ3) is 3.61. The second-order valence-corrected chi connectivity index (χ2v) is 6.02. The molecule has 5 nitrogen and oxygen atoms in total. The minimum absolute atomic E-state index is 0.0643. The van der Waals surface area contributed by atoms with Gasteiger partial charge in [-0.1, -0.05) is 0 Å². The van der Waals surface area contributed by atoms with Crippen LogP contribution in [0.4, 0.5) is 4.79 Å². The first-order valence-electron chi connectivity index (χ1n) is 7.22. The zero-order chi connectivity index (χ0) is 14.0. The normalized spacial score (nSPS) is 24.9. The van der Waals surface area contributed by atoms with Gasteiger partial charge in [0.25, 0.3) is 0 Å². The lowest BCUT2D eigenvalue weighted by Crippen LogP contribution is -2.49. The second-order valence-electron chi connectivity index (χ2n) is 6.02. The Morgan fingerprint density at radius 3 is 2.63 bits per heavy atom. The van der Waals surface area contributed by atoms with Gasteiger partial charge in [0.1, 0.15) is 0 Å². The predicted octanol–water partition coefficient (Wildman–Crippen LogP) is 2.02. The first kappa shape index (κ1) is 14.2. The maximum absolute atomic E-state index is 12.4. The molecule has 0 radical (unpaired) electrons. The Balaban J connectivity index is 1.88. The Kier molecular flexibility index (Phi) is 4.32. The average Bonchev–Trinajstić information content (AvgIpc) is 3.20. The van der Waals surface area contributed by atoms with E-state index in [1.165, 1.54) is 12.8 Å². The van der Waals surface area contributed by atoms with Crippen molar-refractivity contribution in [1.82, 2.24) is 9.80 Å². The molecule has 0 aromatic carbocycles. The van der Waals surface area contributed by atoms with Crippen LogP contribution in [0.1, 0.15) is 39.0 Å². The molecule has 0 aromatic heterocycles. The second kappa shape index (κ2) is 5.80. The molecule has 2 unspecified atom stereocenters. The SMILES string of the molecule is CC(C1CC1)N(C)C(=O)N1CCCC(CC(=O)O)C1. The molecule has 2 aliphatic rings. The third-order valence-electron chi connectivity index (χ3n) is 4.47. The average molecular weight is 268 g/mol. The van der Waals surface area contributed by atoms with E-state index in [-0.39, 0.29) is 18.4 Å². The maximum atomic E-state index is 12.4. The number of hydrogen-bond acceptors (Lipinski definition) is 2. The molecule has 1 saturated heterocycles. The van der Waals surface area contributed by atoms with E-state index in [9.17, 15) is 9.59 Å². The van der Waals surface area contributed by atoms with Gasteiger partial charge in [-0.15, -0.1) is 0 Å². The minimum Gasteiger partial charge on any atom is -0.481 e. The predicted molar refractivity (Wildman–Crippen MR) is 71.9 cm³/mol. The highest BCUT2D eigenvalue weighted by molar-refractivity contribution is 5.75. The third-order valence-corrected chi connectivity index (χ3v) is 4.47. The summed E-state index contributed by atoms with van der Waals surface area (Å²) >= 11 is 0. The van der Waals surface area contributed by atoms with E-state index < -0.39 is 5.97 Å². The number of urea groups is 1. The van der Waals surface area contributed by atoms with Gasteiger partial charge in [0.2, 0.25) is 0 Å². The number of amides is 2. The number of carbonyl (C=O) groups is 2. The highest BCUT2D eigenvalue weighted by Gasteiger charge is 2.35. The number of carboxylic acids is 1. The quantitative estimate of drug-likeness (QED) is 0.848. The molecule has 1 heterocycles. The van der Waals surface area contributed by atoms with Crippen LogP contribution >= 0.6 is 0 Å². The minimum atomic E-state index is -0.765. The fourth-order valence-electron chi connectivity index (χ4n) is 2.94. The van der Waals surface area contributed by atoms with Crippen LogP contribution in [0.15, 0.2) is 0 Å². The van der Waals surface area contributed by atoms with Crippen molar-refractivity contribution >= 4 is 12.0 Å². The summed E-state index contributed by atoms with van der Waals surface area (Å²) in [4.78, 5) is 26.8. The number of piperidine rings is 1. The Bertz CT molecular complexity index is 355. The Hall–Kier alpha value is -1.26. The van der Waals surface area contributed by atoms with E-state index in [2.05, 4.69) is 6.92 Å². The summed E-state index contributed by atoms with van der Waals surface area (Å²) in [5.41, 5.74) is 0. The molecular weight excluding hydrogens is 244 g/mol. The standard InChI is InChI=1S/C14H24N2O3/c1-10(12-5-6-12)15(2)14(19)16-7-3-4-11(9-16)8-13(17)18/h10-12H,3-9H2,1-2H3,(H,17,18). The number of rotatable bonds is 4. The molecule has 2 fully saturated rings. The van der Waals surface area contributed by atoms with Gasteiger partial charge >= 0.3 is 12.0 Å². The molecule has 2 rings (SSSR count). The van der Waals surface area contributed by atoms with Crippen molar-refractivity contribution in [3.63, 3.8) is 0 Å². The van der Waals surface area contributed by atoms with Gasteiger partial charge < -0.3 is 14.9 Å². The molecule has 1 aliphatic carbocycles. The van der Waals surface area contributed by atoms with E-state index >= 15 is 0 Å². The van der Waals surface area contributed by atoms with Crippen molar-refractivity contribution in [3.05, 3.63) is 0 Å². The van der Waals surface area contributed by atoms with Crippen LogP contribution in [0.5, 0.6) is 0 Å². The zero-order valence-electron chi connectivity index (χ0n) is 11.8. The monoisotopic (exact) mass is 268 g/mol. The molecule has 19 heavy (non-hydrogen) atoms. The van der Waals surface area contributed by atoms with Crippen molar-refractivity contribution in [3.8, 4) is 0 Å². The number of carboxylic acid groups (broad SMARTS) is 1. The fourth-order valence-corrected chi connectivity index (χ4v) is 2.94. The number of aliphatic carboxylic acids is 1. The van der Waals surface area contributed by atoms with Gasteiger partial charge in [-0.05, 0) is 44.4 Å². The largest absolute Gasteiger partial charge is 0.481 e. The van der Waals surface area contributed by atoms with Crippen molar-refractivity contribution < 1.29 is 14.7 Å². The number of likely N-dealkylation sites (tertiary alicyclic amines) is 1. The molecule has 5 heteroatoms. The molecule has 0 spiro atoms. The van der Waals surface area contributed by atoms with Crippen LogP contribution in [0.3, 0.4) is 0 Å². The highest BCUT2D eigenvalue weighted by atomic mass is 16.4. The van der Waals surface area contributed by atoms with Gasteiger partial charge in [0.15, 0.2) is 0 Å². The molecule has 0 aromatic rings. The van der Waals surface area contributed by atoms with Crippen LogP contribution in [-0.2, 0) is 4.79 Å². The summed E-state index contributed by atoms with van der Waals surface area (Å²) in [5.74, 6) is 0.00684. The van der Waals surface area contributed by atoms with Gasteiger partial charge in [-0.3, -0.25) is 4.79 Å². The maximum Gasteiger partial charge on any atom is 0.319 e. The molecule has 1 N–H and O–H groups in total. The van der Waals surface area contributed by atoms with Crippen LogP contribution in [0.25, 0.3) is 0 Å². The van der Waals surface area contributed by atoms with Crippen molar-refractivity contribution in [1.29, 1.82) is 0 Å². The van der Waals surface area contributed by atoms with Crippen LogP contribution in [0, 0.1) is 11.8 Å². The summed E-state index contributed by atoms with van der Waals surface area (Å²) in [6, 6.07) is 0.363. The summed E-state index contributed by atoms with van der Waals surface area (Å²) in [5, 5.41) is 8.86. The lowest BCUT2D eigenvalue weighted by molar-refractivity contribution is -0.138. The molecule has 2 atom stereocenters. The lowest BCUT2D eigenvalue weighted by atomic mass is 9.95. The van der Waals surface area contributed by atoms with Crippen LogP contribution in [0.2, 0.25) is 0 Å². The van der Waals surface area contributed by atoms with Gasteiger partial charge in [0.05, 0.1) is 0 Å². The van der Waals surface area contributed by atoms with E-state index in [1.54, 1.807) is 0 Å². The zero-order valence-corrected chi connectivity index (χ0v) is 11.8. The smallest absolute Gasteiger partial charge is 0.319 e. The highest BCUT2D eigenvalue weighted by Crippen LogP contribution is 2.35. The Morgan fingerprint density at radius 1 is 1.37 bits per heavy atom. The van der Waals surface area contributed by atoms with Crippen molar-refractivity contribution in [2.24, 2.45) is 11.8 Å². The summed E-state index contributed by atoms with van der Waals surface area (Å²) < 4.78 is 0. The van der Waals surface area contributed by atoms with Gasteiger partial charge in [-0.2, -0.15) is 0 Å². The summed E-state index contributed by atoms with van der Waals surface area (Å²) in [7, 11) is 1.87. The van der Waals surface area contributed by atoms with Gasteiger partial charge in [0, 0.05) is 32.6 Å². The van der Waals surface area contributed by atoms with E-state index in [1.807, 2.05) is 16.8 Å². The van der Waals surface area contributed by atoms with E-state index in [4.69, 9.17) is 5.11 Å². The van der Waals surface area contributed by atoms with Crippen LogP contribution in [-0.4, -0.2) is 53.1 Å². The molecule has 1 aliphatic heterocycles. The molecule has 108 valence electrons. The van der Waals surface area contributed by atoms with Crippen molar-refractivity contribution in [2.75, 3.05) is 20.1 Å². The summed E-state index contributed by atoms with van der Waals surface area (Å²) in [6.07, 6.45) is 4.44. The van der Waals surface area contributed by atoms with E-state index in [0.29, 0.717) is 18.5 Å². The Morgan fingerprint density at radius 2 is 2.05 bits per heavy atom. The lowest BCUT2D eigenvalue weighted by Gasteiger charge is -2.37. The fraction of sp³-hybridized carbons (Fsp3) is 0.857. The number of hydrogen-bond donors (Lipinski definition) is 1. The molecular formula is C14H24N2O3. The van der Waals surface area contributed by atoms with Crippen molar-refractivity contribution in [2.45, 2.75) is 45.1 Å². The van der Waals surface area contributed by atoms with Gasteiger partial charge in [-0.25, -0.2) is 4.79 Å². The number of carbonyl (C=O) groups excluding carboxylic acids is 1. The van der Waals surface area contributed by atoms with E-state index in [0.717, 1.165) is 19.4 Å². The molecule has 0 bridgehead atoms. The molecule has 1 saturated carbocycles. The number of nitrogens with zero attached hydrogens (tertiary/aromatic N) is 2. The van der Waals surface area contributed by atoms with Crippen LogP contribution < -0.4 is 0 Å². The Labute approximate surface area is 114 Å². The molecule has 2 amide bonds. The first-order valence-corrected chi connectivity index (χ1v) is 7.22.